The summed E-state index contributed by atoms with van der Waals surface area (Å²) in [6.07, 6.45) is 0.582. The zero-order valence-corrected chi connectivity index (χ0v) is 13.6. The van der Waals surface area contributed by atoms with Crippen LogP contribution in [0.4, 0.5) is 4.39 Å². The SMILES string of the molecule is Cc1c(C(=O)OC2CCc3c(F)cccc32)[nH]c(=O)c2ccccc12. The minimum atomic E-state index is -0.595. The molecule has 0 amide bonds. The predicted octanol–water partition coefficient (Wildman–Crippen LogP) is 3.82. The van der Waals surface area contributed by atoms with Crippen LogP contribution in [0.5, 0.6) is 0 Å². The third-order valence-corrected chi connectivity index (χ3v) is 4.80. The molecular formula is C20H16FNO3. The first-order valence-electron chi connectivity index (χ1n) is 8.16. The fourth-order valence-corrected chi connectivity index (χ4v) is 3.50. The summed E-state index contributed by atoms with van der Waals surface area (Å²) in [7, 11) is 0. The fraction of sp³-hybridized carbons (Fsp3) is 0.200. The van der Waals surface area contributed by atoms with Gasteiger partial charge in [-0.15, -0.1) is 0 Å². The number of hydrogen-bond acceptors (Lipinski definition) is 3. The van der Waals surface area contributed by atoms with Crippen molar-refractivity contribution in [3.63, 3.8) is 0 Å². The molecule has 0 bridgehead atoms. The summed E-state index contributed by atoms with van der Waals surface area (Å²) in [5.74, 6) is -0.867. The molecule has 1 atom stereocenters. The van der Waals surface area contributed by atoms with Gasteiger partial charge in [-0.3, -0.25) is 4.79 Å². The first-order chi connectivity index (χ1) is 12.1. The lowest BCUT2D eigenvalue weighted by atomic mass is 10.1. The molecule has 1 N–H and O–H groups in total. The van der Waals surface area contributed by atoms with Crippen LogP contribution >= 0.6 is 0 Å². The lowest BCUT2D eigenvalue weighted by Gasteiger charge is -2.15. The van der Waals surface area contributed by atoms with E-state index in [1.165, 1.54) is 6.07 Å². The number of rotatable bonds is 2. The second kappa shape index (κ2) is 5.84. The molecule has 0 radical (unpaired) electrons. The zero-order valence-electron chi connectivity index (χ0n) is 13.6. The molecule has 0 aliphatic heterocycles. The number of aryl methyl sites for hydroxylation is 1. The topological polar surface area (TPSA) is 59.2 Å². The van der Waals surface area contributed by atoms with E-state index in [4.69, 9.17) is 4.74 Å². The Kier molecular flexibility index (Phi) is 3.64. The average molecular weight is 337 g/mol. The lowest BCUT2D eigenvalue weighted by Crippen LogP contribution is -2.19. The molecule has 2 aromatic carbocycles. The van der Waals surface area contributed by atoms with Gasteiger partial charge in [-0.1, -0.05) is 30.3 Å². The number of hydrogen-bond donors (Lipinski definition) is 1. The number of pyridine rings is 1. The molecule has 4 nitrogen and oxygen atoms in total. The number of halogens is 1. The van der Waals surface area contributed by atoms with Gasteiger partial charge in [-0.05, 0) is 54.0 Å². The Morgan fingerprint density at radius 2 is 1.92 bits per heavy atom. The number of benzene rings is 2. The van der Waals surface area contributed by atoms with E-state index in [2.05, 4.69) is 4.98 Å². The Morgan fingerprint density at radius 3 is 2.72 bits per heavy atom. The number of nitrogens with one attached hydrogen (secondary N) is 1. The highest BCUT2D eigenvalue weighted by atomic mass is 19.1. The standard InChI is InChI=1S/C20H16FNO3/c1-11-12-5-2-3-6-15(12)19(23)22-18(11)20(24)25-17-10-9-13-14(17)7-4-8-16(13)21/h2-8,17H,9-10H2,1H3,(H,22,23). The minimum absolute atomic E-state index is 0.147. The van der Waals surface area contributed by atoms with Crippen LogP contribution in [-0.4, -0.2) is 11.0 Å². The van der Waals surface area contributed by atoms with Crippen LogP contribution in [0.15, 0.2) is 47.3 Å². The molecular weight excluding hydrogens is 321 g/mol. The third kappa shape index (κ3) is 2.52. The highest BCUT2D eigenvalue weighted by Gasteiger charge is 2.29. The average Bonchev–Trinajstić information content (AvgIpc) is 3.02. The van der Waals surface area contributed by atoms with Gasteiger partial charge in [0, 0.05) is 5.39 Å². The van der Waals surface area contributed by atoms with E-state index in [0.29, 0.717) is 34.9 Å². The maximum atomic E-state index is 13.8. The quantitative estimate of drug-likeness (QED) is 0.723. The van der Waals surface area contributed by atoms with Gasteiger partial charge in [0.1, 0.15) is 17.6 Å². The highest BCUT2D eigenvalue weighted by Crippen LogP contribution is 2.36. The number of carbonyl (C=O) groups excluding carboxylic acids is 1. The van der Waals surface area contributed by atoms with Crippen LogP contribution < -0.4 is 5.56 Å². The fourth-order valence-electron chi connectivity index (χ4n) is 3.50. The van der Waals surface area contributed by atoms with Gasteiger partial charge < -0.3 is 9.72 Å². The first kappa shape index (κ1) is 15.6. The van der Waals surface area contributed by atoms with Gasteiger partial charge in [0.05, 0.1) is 0 Å². The normalized spacial score (nSPS) is 16.0. The zero-order chi connectivity index (χ0) is 17.6. The van der Waals surface area contributed by atoms with E-state index in [0.717, 1.165) is 5.39 Å². The molecule has 0 spiro atoms. The Morgan fingerprint density at radius 1 is 1.16 bits per heavy atom. The van der Waals surface area contributed by atoms with Gasteiger partial charge in [0.15, 0.2) is 0 Å². The number of carbonyl (C=O) groups is 1. The smallest absolute Gasteiger partial charge is 0.355 e. The summed E-state index contributed by atoms with van der Waals surface area (Å²) < 4.78 is 19.4. The van der Waals surface area contributed by atoms with Gasteiger partial charge in [0.2, 0.25) is 0 Å². The lowest BCUT2D eigenvalue weighted by molar-refractivity contribution is 0.0293. The molecule has 1 aliphatic carbocycles. The van der Waals surface area contributed by atoms with Crippen molar-refractivity contribution < 1.29 is 13.9 Å². The van der Waals surface area contributed by atoms with Crippen LogP contribution in [0, 0.1) is 12.7 Å². The number of fused-ring (bicyclic) bond motifs is 2. The van der Waals surface area contributed by atoms with Crippen LogP contribution in [0.1, 0.15) is 39.7 Å². The summed E-state index contributed by atoms with van der Waals surface area (Å²) in [5.41, 5.74) is 1.79. The number of ether oxygens (including phenoxy) is 1. The van der Waals surface area contributed by atoms with Crippen molar-refractivity contribution in [2.24, 2.45) is 0 Å². The van der Waals surface area contributed by atoms with Gasteiger partial charge in [-0.2, -0.15) is 0 Å². The second-order valence-electron chi connectivity index (χ2n) is 6.24. The molecule has 0 saturated carbocycles. The summed E-state index contributed by atoms with van der Waals surface area (Å²) >= 11 is 0. The predicted molar refractivity (Wildman–Crippen MR) is 92.2 cm³/mol. The third-order valence-electron chi connectivity index (χ3n) is 4.80. The summed E-state index contributed by atoms with van der Waals surface area (Å²) in [5, 5.41) is 1.25. The van der Waals surface area contributed by atoms with E-state index >= 15 is 0 Å². The van der Waals surface area contributed by atoms with Crippen molar-refractivity contribution in [1.82, 2.24) is 4.98 Å². The maximum Gasteiger partial charge on any atom is 0.355 e. The summed E-state index contributed by atoms with van der Waals surface area (Å²) in [4.78, 5) is 27.5. The Hall–Kier alpha value is -2.95. The first-order valence-corrected chi connectivity index (χ1v) is 8.16. The highest BCUT2D eigenvalue weighted by molar-refractivity contribution is 5.96. The molecule has 1 aliphatic rings. The molecule has 0 saturated heterocycles. The molecule has 1 unspecified atom stereocenters. The van der Waals surface area contributed by atoms with Gasteiger partial charge in [0.25, 0.3) is 5.56 Å². The van der Waals surface area contributed by atoms with E-state index in [-0.39, 0.29) is 17.1 Å². The van der Waals surface area contributed by atoms with Crippen molar-refractivity contribution in [2.45, 2.75) is 25.9 Å². The van der Waals surface area contributed by atoms with Crippen LogP contribution in [-0.2, 0) is 11.2 Å². The van der Waals surface area contributed by atoms with Crippen molar-refractivity contribution in [3.05, 3.63) is 81.0 Å². The number of aromatic nitrogens is 1. The molecule has 1 aromatic heterocycles. The van der Waals surface area contributed by atoms with Crippen molar-refractivity contribution in [1.29, 1.82) is 0 Å². The Balaban J connectivity index is 1.70. The van der Waals surface area contributed by atoms with Crippen LogP contribution in [0.3, 0.4) is 0 Å². The largest absolute Gasteiger partial charge is 0.453 e. The molecule has 3 aromatic rings. The number of H-pyrrole nitrogens is 1. The molecule has 5 heteroatoms. The monoisotopic (exact) mass is 337 g/mol. The molecule has 4 rings (SSSR count). The Labute approximate surface area is 143 Å². The summed E-state index contributed by atoms with van der Waals surface area (Å²) in [6, 6.07) is 11.9. The Bertz CT molecular complexity index is 1050. The molecule has 25 heavy (non-hydrogen) atoms. The van der Waals surface area contributed by atoms with E-state index in [9.17, 15) is 14.0 Å². The van der Waals surface area contributed by atoms with E-state index in [1.54, 1.807) is 37.3 Å². The summed E-state index contributed by atoms with van der Waals surface area (Å²) in [6.45, 7) is 1.77. The minimum Gasteiger partial charge on any atom is -0.453 e. The van der Waals surface area contributed by atoms with Crippen LogP contribution in [0.25, 0.3) is 10.8 Å². The van der Waals surface area contributed by atoms with Crippen LogP contribution in [0.2, 0.25) is 0 Å². The van der Waals surface area contributed by atoms with Crippen molar-refractivity contribution >= 4 is 16.7 Å². The van der Waals surface area contributed by atoms with Gasteiger partial charge in [-0.25, -0.2) is 9.18 Å². The van der Waals surface area contributed by atoms with E-state index in [1.807, 2.05) is 6.07 Å². The van der Waals surface area contributed by atoms with Crippen molar-refractivity contribution in [3.8, 4) is 0 Å². The van der Waals surface area contributed by atoms with E-state index < -0.39 is 12.1 Å². The number of aromatic amines is 1. The van der Waals surface area contributed by atoms with Gasteiger partial charge >= 0.3 is 5.97 Å². The molecule has 1 heterocycles. The van der Waals surface area contributed by atoms with Crippen molar-refractivity contribution in [2.75, 3.05) is 0 Å². The number of esters is 1. The maximum absolute atomic E-state index is 13.8. The molecule has 126 valence electrons. The second-order valence-corrected chi connectivity index (χ2v) is 6.24. The molecule has 0 fully saturated rings.